The summed E-state index contributed by atoms with van der Waals surface area (Å²) >= 11 is 0. The van der Waals surface area contributed by atoms with Crippen molar-refractivity contribution >= 4 is 5.91 Å². The lowest BCUT2D eigenvalue weighted by molar-refractivity contribution is -0.351. The molecule has 3 fully saturated rings. The van der Waals surface area contributed by atoms with Gasteiger partial charge in [-0.3, -0.25) is 9.63 Å². The highest BCUT2D eigenvalue weighted by molar-refractivity contribution is 5.75. The minimum Gasteiger partial charge on any atom is -0.312 e. The van der Waals surface area contributed by atoms with Crippen molar-refractivity contribution in [2.24, 2.45) is 0 Å². The largest absolute Gasteiger partial charge is 0.312 e. The third-order valence-corrected chi connectivity index (χ3v) is 4.00. The number of ether oxygens (including phenoxy) is 1. The van der Waals surface area contributed by atoms with Crippen molar-refractivity contribution in [2.45, 2.75) is 56.5 Å². The molecule has 0 aromatic heterocycles. The third-order valence-electron chi connectivity index (χ3n) is 4.00. The lowest BCUT2D eigenvalue weighted by Gasteiger charge is -2.25. The summed E-state index contributed by atoms with van der Waals surface area (Å²) in [6.45, 7) is 0.467. The van der Waals surface area contributed by atoms with E-state index in [0.717, 1.165) is 25.7 Å². The van der Waals surface area contributed by atoms with E-state index in [2.05, 4.69) is 0 Å². The van der Waals surface area contributed by atoms with Crippen molar-refractivity contribution in [1.82, 2.24) is 5.06 Å². The second-order valence-corrected chi connectivity index (χ2v) is 5.23. The molecule has 0 aromatic rings. The Kier molecular flexibility index (Phi) is 3.05. The zero-order valence-corrected chi connectivity index (χ0v) is 10.6. The summed E-state index contributed by atoms with van der Waals surface area (Å²) in [5.41, 5.74) is 0. The third kappa shape index (κ3) is 2.03. The molecular weight excluding hydrogens is 238 g/mol. The molecule has 6 nitrogen and oxygen atoms in total. The van der Waals surface area contributed by atoms with Crippen molar-refractivity contribution in [3.63, 3.8) is 0 Å². The summed E-state index contributed by atoms with van der Waals surface area (Å²) < 4.78 is 6.08. The van der Waals surface area contributed by atoms with Crippen LogP contribution in [0.1, 0.15) is 44.9 Å². The first-order chi connectivity index (χ1) is 8.67. The SMILES string of the molecule is CON1CCC2(CCC1=O)OOC1(CCCC1)O2. The van der Waals surface area contributed by atoms with Crippen LogP contribution >= 0.6 is 0 Å². The average molecular weight is 257 g/mol. The van der Waals surface area contributed by atoms with Crippen LogP contribution in [0.2, 0.25) is 0 Å². The highest BCUT2D eigenvalue weighted by Crippen LogP contribution is 2.47. The quantitative estimate of drug-likeness (QED) is 0.666. The Morgan fingerprint density at radius 3 is 2.44 bits per heavy atom. The molecule has 2 spiro atoms. The Balaban J connectivity index is 1.71. The Morgan fingerprint density at radius 1 is 1.11 bits per heavy atom. The van der Waals surface area contributed by atoms with E-state index in [0.29, 0.717) is 25.8 Å². The maximum Gasteiger partial charge on any atom is 0.246 e. The van der Waals surface area contributed by atoms with Crippen molar-refractivity contribution in [2.75, 3.05) is 13.7 Å². The van der Waals surface area contributed by atoms with E-state index in [9.17, 15) is 4.79 Å². The number of hydrogen-bond acceptors (Lipinski definition) is 5. The maximum atomic E-state index is 11.7. The fourth-order valence-electron chi connectivity index (χ4n) is 2.95. The summed E-state index contributed by atoms with van der Waals surface area (Å²) in [6, 6.07) is 0. The van der Waals surface area contributed by atoms with Gasteiger partial charge in [0, 0.05) is 32.1 Å². The van der Waals surface area contributed by atoms with Crippen molar-refractivity contribution < 1.29 is 24.1 Å². The molecule has 6 heteroatoms. The number of carbonyl (C=O) groups excluding carboxylic acids is 1. The van der Waals surface area contributed by atoms with Gasteiger partial charge >= 0.3 is 0 Å². The smallest absolute Gasteiger partial charge is 0.246 e. The molecule has 18 heavy (non-hydrogen) atoms. The molecule has 0 radical (unpaired) electrons. The predicted octanol–water partition coefficient (Wildman–Crippen LogP) is 1.51. The fraction of sp³-hybridized carbons (Fsp3) is 0.917. The molecule has 3 rings (SSSR count). The van der Waals surface area contributed by atoms with Gasteiger partial charge in [-0.2, -0.15) is 9.78 Å². The topological polar surface area (TPSA) is 57.2 Å². The van der Waals surface area contributed by atoms with Gasteiger partial charge in [0.05, 0.1) is 13.7 Å². The molecular formula is C12H19NO5. The van der Waals surface area contributed by atoms with Gasteiger partial charge in [-0.15, -0.1) is 0 Å². The molecule has 102 valence electrons. The number of rotatable bonds is 1. The van der Waals surface area contributed by atoms with Crippen LogP contribution in [0.3, 0.4) is 0 Å². The molecule has 3 aliphatic rings. The normalized spacial score (nSPS) is 35.6. The van der Waals surface area contributed by atoms with Gasteiger partial charge in [-0.1, -0.05) is 0 Å². The summed E-state index contributed by atoms with van der Waals surface area (Å²) in [4.78, 5) is 27.7. The number of hydrogen-bond donors (Lipinski definition) is 0. The van der Waals surface area contributed by atoms with Crippen LogP contribution in [0.15, 0.2) is 0 Å². The molecule has 1 aliphatic carbocycles. The van der Waals surface area contributed by atoms with Gasteiger partial charge < -0.3 is 4.74 Å². The molecule has 2 aliphatic heterocycles. The monoisotopic (exact) mass is 257 g/mol. The van der Waals surface area contributed by atoms with Crippen LogP contribution in [-0.4, -0.2) is 36.2 Å². The van der Waals surface area contributed by atoms with Gasteiger partial charge in [-0.05, 0) is 12.8 Å². The first-order valence-corrected chi connectivity index (χ1v) is 6.59. The predicted molar refractivity (Wildman–Crippen MR) is 59.8 cm³/mol. The molecule has 0 aromatic carbocycles. The van der Waals surface area contributed by atoms with Gasteiger partial charge in [0.1, 0.15) is 0 Å². The lowest BCUT2D eigenvalue weighted by atomic mass is 10.1. The van der Waals surface area contributed by atoms with Gasteiger partial charge in [0.15, 0.2) is 0 Å². The maximum absolute atomic E-state index is 11.7. The van der Waals surface area contributed by atoms with Crippen LogP contribution < -0.4 is 0 Å². The van der Waals surface area contributed by atoms with E-state index in [4.69, 9.17) is 19.3 Å². The van der Waals surface area contributed by atoms with Crippen LogP contribution in [-0.2, 0) is 24.1 Å². The fourth-order valence-corrected chi connectivity index (χ4v) is 2.95. The molecule has 1 unspecified atom stereocenters. The van der Waals surface area contributed by atoms with Crippen LogP contribution in [0, 0.1) is 0 Å². The van der Waals surface area contributed by atoms with Crippen LogP contribution in [0.4, 0.5) is 0 Å². The highest BCUT2D eigenvalue weighted by Gasteiger charge is 2.54. The zero-order chi connectivity index (χ0) is 12.6. The molecule has 2 heterocycles. The number of amides is 1. The zero-order valence-electron chi connectivity index (χ0n) is 10.6. The second-order valence-electron chi connectivity index (χ2n) is 5.23. The second kappa shape index (κ2) is 4.45. The summed E-state index contributed by atoms with van der Waals surface area (Å²) in [6.07, 6.45) is 5.40. The summed E-state index contributed by atoms with van der Waals surface area (Å²) in [5, 5.41) is 1.36. The van der Waals surface area contributed by atoms with Crippen LogP contribution in [0.5, 0.6) is 0 Å². The number of carbonyl (C=O) groups is 1. The molecule has 0 N–H and O–H groups in total. The average Bonchev–Trinajstić information content (AvgIpc) is 2.93. The van der Waals surface area contributed by atoms with E-state index in [-0.39, 0.29) is 5.91 Å². The highest BCUT2D eigenvalue weighted by atomic mass is 17.3. The molecule has 1 saturated carbocycles. The van der Waals surface area contributed by atoms with E-state index in [1.54, 1.807) is 0 Å². The van der Waals surface area contributed by atoms with Gasteiger partial charge in [-0.25, -0.2) is 5.06 Å². The van der Waals surface area contributed by atoms with Crippen LogP contribution in [0.25, 0.3) is 0 Å². The first kappa shape index (κ1) is 12.3. The number of nitrogens with zero attached hydrogens (tertiary/aromatic N) is 1. The molecule has 0 bridgehead atoms. The van der Waals surface area contributed by atoms with E-state index >= 15 is 0 Å². The Hall–Kier alpha value is -0.690. The Morgan fingerprint density at radius 2 is 1.78 bits per heavy atom. The van der Waals surface area contributed by atoms with Crippen molar-refractivity contribution in [3.05, 3.63) is 0 Å². The van der Waals surface area contributed by atoms with E-state index in [1.165, 1.54) is 12.2 Å². The minimum atomic E-state index is -0.771. The van der Waals surface area contributed by atoms with E-state index in [1.807, 2.05) is 0 Å². The number of hydroxylamine groups is 2. The summed E-state index contributed by atoms with van der Waals surface area (Å²) in [7, 11) is 1.50. The summed E-state index contributed by atoms with van der Waals surface area (Å²) in [5.74, 6) is -1.37. The van der Waals surface area contributed by atoms with Gasteiger partial charge in [0.2, 0.25) is 17.5 Å². The lowest BCUT2D eigenvalue weighted by Crippen LogP contribution is -2.36. The standard InChI is InChI=1S/C12H19NO5/c1-15-13-9-8-12(7-4-10(13)14)16-11(17-18-12)5-2-3-6-11/h2-9H2,1H3. The minimum absolute atomic E-state index is 0.0334. The molecule has 2 saturated heterocycles. The van der Waals surface area contributed by atoms with Gasteiger partial charge in [0.25, 0.3) is 0 Å². The van der Waals surface area contributed by atoms with E-state index < -0.39 is 11.6 Å². The van der Waals surface area contributed by atoms with Crippen molar-refractivity contribution in [3.8, 4) is 0 Å². The Labute approximate surface area is 106 Å². The Bertz CT molecular complexity index is 341. The molecule has 1 atom stereocenters. The molecule has 1 amide bonds. The van der Waals surface area contributed by atoms with Crippen molar-refractivity contribution in [1.29, 1.82) is 0 Å². The first-order valence-electron chi connectivity index (χ1n) is 6.59.